The van der Waals surface area contributed by atoms with Crippen molar-refractivity contribution in [3.8, 4) is 0 Å². The molecule has 5 nitrogen and oxygen atoms in total. The number of aryl methyl sites for hydroxylation is 1. The molecule has 0 radical (unpaired) electrons. The number of aromatic amines is 1. The van der Waals surface area contributed by atoms with Crippen LogP contribution in [-0.2, 0) is 6.42 Å². The molecule has 0 bridgehead atoms. The summed E-state index contributed by atoms with van der Waals surface area (Å²) in [7, 11) is 0. The number of hydrogen-bond donors (Lipinski definition) is 1. The van der Waals surface area contributed by atoms with Gasteiger partial charge in [-0.1, -0.05) is 49.6 Å². The molecule has 3 aromatic rings. The molecule has 0 saturated heterocycles. The fourth-order valence-electron chi connectivity index (χ4n) is 3.63. The summed E-state index contributed by atoms with van der Waals surface area (Å²) in [5.41, 5.74) is 2.59. The Kier molecular flexibility index (Phi) is 3.92. The van der Waals surface area contributed by atoms with Crippen LogP contribution in [0.2, 0.25) is 0 Å². The van der Waals surface area contributed by atoms with Gasteiger partial charge in [0.15, 0.2) is 0 Å². The van der Waals surface area contributed by atoms with E-state index >= 15 is 0 Å². The maximum Gasteiger partial charge on any atom is 0.277 e. The third-order valence-corrected chi connectivity index (χ3v) is 5.03. The molecule has 1 fully saturated rings. The Hall–Kier alpha value is -2.43. The lowest BCUT2D eigenvalue weighted by Gasteiger charge is -2.18. The highest BCUT2D eigenvalue weighted by Crippen LogP contribution is 2.30. The molecule has 2 aromatic heterocycles. The molecule has 124 valence electrons. The minimum atomic E-state index is -0.0316. The Morgan fingerprint density at radius 1 is 1.12 bits per heavy atom. The van der Waals surface area contributed by atoms with Crippen LogP contribution in [0.1, 0.15) is 60.7 Å². The molecule has 1 aromatic carbocycles. The monoisotopic (exact) mass is 322 g/mol. The number of aromatic nitrogens is 4. The Balaban J connectivity index is 1.74. The lowest BCUT2D eigenvalue weighted by Crippen LogP contribution is -2.22. The summed E-state index contributed by atoms with van der Waals surface area (Å²) in [4.78, 5) is 22.1. The third kappa shape index (κ3) is 2.75. The SMILES string of the molecule is Cc1nc2nc(C3CCCCC3)[nH]n2c(=O)c1Cc1ccccc1. The smallest absolute Gasteiger partial charge is 0.275 e. The van der Waals surface area contributed by atoms with E-state index in [1.165, 1.54) is 23.8 Å². The molecule has 4 rings (SSSR count). The van der Waals surface area contributed by atoms with Crippen molar-refractivity contribution in [1.82, 2.24) is 19.6 Å². The predicted molar refractivity (Wildman–Crippen MR) is 93.4 cm³/mol. The average molecular weight is 322 g/mol. The second-order valence-electron chi connectivity index (χ2n) is 6.72. The first-order chi connectivity index (χ1) is 11.7. The first-order valence-corrected chi connectivity index (χ1v) is 8.74. The Morgan fingerprint density at radius 3 is 2.62 bits per heavy atom. The molecule has 0 aliphatic heterocycles. The molecule has 5 heteroatoms. The van der Waals surface area contributed by atoms with E-state index in [-0.39, 0.29) is 5.56 Å². The minimum Gasteiger partial charge on any atom is -0.275 e. The van der Waals surface area contributed by atoms with Gasteiger partial charge in [0.2, 0.25) is 0 Å². The van der Waals surface area contributed by atoms with Gasteiger partial charge in [0.05, 0.1) is 5.69 Å². The first-order valence-electron chi connectivity index (χ1n) is 8.74. The highest BCUT2D eigenvalue weighted by Gasteiger charge is 2.21. The second kappa shape index (κ2) is 6.23. The molecule has 0 amide bonds. The van der Waals surface area contributed by atoms with Crippen molar-refractivity contribution in [2.45, 2.75) is 51.4 Å². The van der Waals surface area contributed by atoms with Gasteiger partial charge in [-0.3, -0.25) is 9.89 Å². The van der Waals surface area contributed by atoms with Crippen LogP contribution in [0, 0.1) is 6.92 Å². The zero-order valence-corrected chi connectivity index (χ0v) is 14.0. The molecule has 1 aliphatic carbocycles. The summed E-state index contributed by atoms with van der Waals surface area (Å²) in [6.45, 7) is 1.90. The molecule has 1 saturated carbocycles. The molecule has 1 N–H and O–H groups in total. The van der Waals surface area contributed by atoms with Crippen molar-refractivity contribution in [1.29, 1.82) is 0 Å². The third-order valence-electron chi connectivity index (χ3n) is 5.03. The van der Waals surface area contributed by atoms with Gasteiger partial charge in [-0.05, 0) is 25.3 Å². The first kappa shape index (κ1) is 15.1. The predicted octanol–water partition coefficient (Wildman–Crippen LogP) is 3.36. The summed E-state index contributed by atoms with van der Waals surface area (Å²) >= 11 is 0. The summed E-state index contributed by atoms with van der Waals surface area (Å²) in [5.74, 6) is 1.84. The zero-order valence-electron chi connectivity index (χ0n) is 14.0. The van der Waals surface area contributed by atoms with Gasteiger partial charge in [-0.2, -0.15) is 9.50 Å². The van der Waals surface area contributed by atoms with Gasteiger partial charge in [0, 0.05) is 17.9 Å². The molecule has 1 aliphatic rings. The Morgan fingerprint density at radius 2 is 1.88 bits per heavy atom. The van der Waals surface area contributed by atoms with Crippen LogP contribution in [0.15, 0.2) is 35.1 Å². The lowest BCUT2D eigenvalue weighted by molar-refractivity contribution is 0.428. The topological polar surface area (TPSA) is 63.1 Å². The molecule has 2 heterocycles. The molecule has 24 heavy (non-hydrogen) atoms. The summed E-state index contributed by atoms with van der Waals surface area (Å²) in [6, 6.07) is 10.0. The summed E-state index contributed by atoms with van der Waals surface area (Å²) in [6.07, 6.45) is 6.66. The number of hydrogen-bond acceptors (Lipinski definition) is 3. The quantitative estimate of drug-likeness (QED) is 0.804. The van der Waals surface area contributed by atoms with Crippen LogP contribution >= 0.6 is 0 Å². The fourth-order valence-corrected chi connectivity index (χ4v) is 3.63. The van der Waals surface area contributed by atoms with E-state index in [2.05, 4.69) is 15.1 Å². The lowest BCUT2D eigenvalue weighted by atomic mass is 9.89. The molecule has 0 unspecified atom stereocenters. The van der Waals surface area contributed by atoms with Gasteiger partial charge < -0.3 is 0 Å². The van der Waals surface area contributed by atoms with Crippen molar-refractivity contribution in [2.24, 2.45) is 0 Å². The van der Waals surface area contributed by atoms with Gasteiger partial charge >= 0.3 is 0 Å². The number of nitrogens with one attached hydrogen (secondary N) is 1. The van der Waals surface area contributed by atoms with Crippen molar-refractivity contribution in [2.75, 3.05) is 0 Å². The number of nitrogens with zero attached hydrogens (tertiary/aromatic N) is 3. The minimum absolute atomic E-state index is 0.0316. The van der Waals surface area contributed by atoms with E-state index < -0.39 is 0 Å². The standard InChI is InChI=1S/C19H22N4O/c1-13-16(12-14-8-4-2-5-9-14)18(24)23-19(20-13)21-17(22-23)15-10-6-3-7-11-15/h2,4-5,8-9,15H,3,6-7,10-12H2,1H3,(H,20,21,22). The fraction of sp³-hybridized carbons (Fsp3) is 0.421. The largest absolute Gasteiger partial charge is 0.277 e. The van der Waals surface area contributed by atoms with Crippen LogP contribution in [0.3, 0.4) is 0 Å². The zero-order chi connectivity index (χ0) is 16.5. The Bertz CT molecular complexity index is 904. The van der Waals surface area contributed by atoms with E-state index in [4.69, 9.17) is 0 Å². The van der Waals surface area contributed by atoms with Crippen LogP contribution < -0.4 is 5.56 Å². The van der Waals surface area contributed by atoms with E-state index in [0.29, 0.717) is 18.1 Å². The second-order valence-corrected chi connectivity index (χ2v) is 6.72. The van der Waals surface area contributed by atoms with E-state index in [9.17, 15) is 4.79 Å². The average Bonchev–Trinajstić information content (AvgIpc) is 3.04. The molecule has 0 spiro atoms. The molecular weight excluding hydrogens is 300 g/mol. The van der Waals surface area contributed by atoms with Gasteiger partial charge in [-0.25, -0.2) is 4.98 Å². The molecule has 0 atom stereocenters. The maximum absolute atomic E-state index is 12.9. The van der Waals surface area contributed by atoms with Crippen LogP contribution in [0.25, 0.3) is 5.78 Å². The van der Waals surface area contributed by atoms with Gasteiger partial charge in [-0.15, -0.1) is 0 Å². The van der Waals surface area contributed by atoms with E-state index in [1.54, 1.807) is 0 Å². The normalized spacial score (nSPS) is 15.9. The van der Waals surface area contributed by atoms with Crippen LogP contribution in [-0.4, -0.2) is 19.6 Å². The molecular formula is C19H22N4O. The maximum atomic E-state index is 12.9. The number of benzene rings is 1. The van der Waals surface area contributed by atoms with E-state index in [0.717, 1.165) is 35.5 Å². The number of H-pyrrole nitrogens is 1. The number of rotatable bonds is 3. The van der Waals surface area contributed by atoms with E-state index in [1.807, 2.05) is 37.3 Å². The highest BCUT2D eigenvalue weighted by molar-refractivity contribution is 5.35. The van der Waals surface area contributed by atoms with Crippen LogP contribution in [0.5, 0.6) is 0 Å². The van der Waals surface area contributed by atoms with Crippen LogP contribution in [0.4, 0.5) is 0 Å². The van der Waals surface area contributed by atoms with Gasteiger partial charge in [0.1, 0.15) is 5.82 Å². The van der Waals surface area contributed by atoms with Crippen molar-refractivity contribution in [3.63, 3.8) is 0 Å². The van der Waals surface area contributed by atoms with Crippen molar-refractivity contribution >= 4 is 5.78 Å². The van der Waals surface area contributed by atoms with Crippen molar-refractivity contribution < 1.29 is 0 Å². The highest BCUT2D eigenvalue weighted by atomic mass is 16.1. The summed E-state index contributed by atoms with van der Waals surface area (Å²) in [5, 5.41) is 3.22. The number of fused-ring (bicyclic) bond motifs is 1. The van der Waals surface area contributed by atoms with Crippen molar-refractivity contribution in [3.05, 3.63) is 63.3 Å². The van der Waals surface area contributed by atoms with Gasteiger partial charge in [0.25, 0.3) is 11.3 Å². The Labute approximate surface area is 140 Å². The summed E-state index contributed by atoms with van der Waals surface area (Å²) < 4.78 is 1.52.